The zero-order valence-electron chi connectivity index (χ0n) is 9.62. The standard InChI is InChI=1S/C13H11BrF2N2/c1-8(12-5-10(15)2-3-13(12)16)18-11-4-9(14)6-17-7-11/h2-8,18H,1H3. The summed E-state index contributed by atoms with van der Waals surface area (Å²) in [5, 5.41) is 3.07. The molecular formula is C13H11BrF2N2. The number of hydrogen-bond acceptors (Lipinski definition) is 2. The Bertz CT molecular complexity index is 560. The van der Waals surface area contributed by atoms with Crippen molar-refractivity contribution in [3.05, 3.63) is 58.3 Å². The van der Waals surface area contributed by atoms with E-state index in [1.165, 1.54) is 6.07 Å². The zero-order valence-corrected chi connectivity index (χ0v) is 11.2. The van der Waals surface area contributed by atoms with Crippen molar-refractivity contribution >= 4 is 21.6 Å². The third-order valence-corrected chi connectivity index (χ3v) is 2.95. The van der Waals surface area contributed by atoms with Gasteiger partial charge in [-0.25, -0.2) is 8.78 Å². The maximum Gasteiger partial charge on any atom is 0.128 e. The van der Waals surface area contributed by atoms with E-state index in [-0.39, 0.29) is 11.6 Å². The largest absolute Gasteiger partial charge is 0.377 e. The Labute approximate surface area is 112 Å². The van der Waals surface area contributed by atoms with Gasteiger partial charge < -0.3 is 5.32 Å². The molecule has 0 radical (unpaired) electrons. The number of pyridine rings is 1. The van der Waals surface area contributed by atoms with Gasteiger partial charge in [0.25, 0.3) is 0 Å². The second kappa shape index (κ2) is 5.44. The Balaban J connectivity index is 2.21. The van der Waals surface area contributed by atoms with Crippen LogP contribution in [0.2, 0.25) is 0 Å². The molecule has 1 aromatic heterocycles. The van der Waals surface area contributed by atoms with E-state index in [9.17, 15) is 8.78 Å². The highest BCUT2D eigenvalue weighted by atomic mass is 79.9. The van der Waals surface area contributed by atoms with Crippen molar-refractivity contribution in [1.29, 1.82) is 0 Å². The molecule has 18 heavy (non-hydrogen) atoms. The molecular weight excluding hydrogens is 302 g/mol. The summed E-state index contributed by atoms with van der Waals surface area (Å²) in [5.41, 5.74) is 1.02. The number of nitrogens with one attached hydrogen (secondary N) is 1. The molecule has 0 saturated carbocycles. The molecule has 5 heteroatoms. The van der Waals surface area contributed by atoms with Crippen molar-refractivity contribution in [2.75, 3.05) is 5.32 Å². The van der Waals surface area contributed by atoms with E-state index in [2.05, 4.69) is 26.2 Å². The third-order valence-electron chi connectivity index (χ3n) is 2.51. The molecule has 1 atom stereocenters. The smallest absolute Gasteiger partial charge is 0.128 e. The number of halogens is 3. The summed E-state index contributed by atoms with van der Waals surface area (Å²) in [6, 6.07) is 4.89. The average molecular weight is 313 g/mol. The molecule has 2 nitrogen and oxygen atoms in total. The van der Waals surface area contributed by atoms with Crippen molar-refractivity contribution in [3.63, 3.8) is 0 Å². The van der Waals surface area contributed by atoms with Crippen LogP contribution in [0.5, 0.6) is 0 Å². The summed E-state index contributed by atoms with van der Waals surface area (Å²) < 4.78 is 27.5. The lowest BCUT2D eigenvalue weighted by molar-refractivity contribution is 0.577. The Morgan fingerprint density at radius 1 is 1.22 bits per heavy atom. The first-order valence-corrected chi connectivity index (χ1v) is 6.17. The molecule has 0 spiro atoms. The van der Waals surface area contributed by atoms with Gasteiger partial charge in [0, 0.05) is 16.2 Å². The van der Waals surface area contributed by atoms with Crippen molar-refractivity contribution in [2.45, 2.75) is 13.0 Å². The maximum atomic E-state index is 13.6. The van der Waals surface area contributed by atoms with Crippen LogP contribution in [0.4, 0.5) is 14.5 Å². The van der Waals surface area contributed by atoms with Crippen LogP contribution in [0.25, 0.3) is 0 Å². The molecule has 0 aliphatic carbocycles. The zero-order chi connectivity index (χ0) is 13.1. The molecule has 2 aromatic rings. The van der Waals surface area contributed by atoms with E-state index < -0.39 is 11.6 Å². The fourth-order valence-electron chi connectivity index (χ4n) is 1.66. The molecule has 1 unspecified atom stereocenters. The minimum absolute atomic E-state index is 0.287. The normalized spacial score (nSPS) is 12.2. The molecule has 0 saturated heterocycles. The van der Waals surface area contributed by atoms with E-state index in [1.54, 1.807) is 19.3 Å². The molecule has 1 heterocycles. The van der Waals surface area contributed by atoms with Crippen LogP contribution in [0, 0.1) is 11.6 Å². The first-order valence-electron chi connectivity index (χ1n) is 5.38. The molecule has 94 valence electrons. The second-order valence-electron chi connectivity index (χ2n) is 3.92. The highest BCUT2D eigenvalue weighted by Crippen LogP contribution is 2.23. The molecule has 1 aromatic carbocycles. The van der Waals surface area contributed by atoms with Crippen molar-refractivity contribution in [1.82, 2.24) is 4.98 Å². The van der Waals surface area contributed by atoms with Crippen LogP contribution in [0.3, 0.4) is 0 Å². The van der Waals surface area contributed by atoms with Gasteiger partial charge >= 0.3 is 0 Å². The highest BCUT2D eigenvalue weighted by molar-refractivity contribution is 9.10. The minimum Gasteiger partial charge on any atom is -0.377 e. The van der Waals surface area contributed by atoms with E-state index in [1.807, 2.05) is 6.07 Å². The minimum atomic E-state index is -0.451. The first-order chi connectivity index (χ1) is 8.56. The summed E-state index contributed by atoms with van der Waals surface area (Å²) >= 11 is 3.30. The summed E-state index contributed by atoms with van der Waals surface area (Å²) in [4.78, 5) is 3.99. The SMILES string of the molecule is CC(Nc1cncc(Br)c1)c1cc(F)ccc1F. The van der Waals surface area contributed by atoms with Crippen LogP contribution in [-0.2, 0) is 0 Å². The lowest BCUT2D eigenvalue weighted by atomic mass is 10.1. The maximum absolute atomic E-state index is 13.6. The van der Waals surface area contributed by atoms with Gasteiger partial charge in [0.1, 0.15) is 11.6 Å². The van der Waals surface area contributed by atoms with Crippen LogP contribution >= 0.6 is 15.9 Å². The van der Waals surface area contributed by atoms with E-state index in [0.717, 1.165) is 22.3 Å². The van der Waals surface area contributed by atoms with Gasteiger partial charge in [-0.15, -0.1) is 0 Å². The first kappa shape index (κ1) is 13.0. The lowest BCUT2D eigenvalue weighted by Gasteiger charge is -2.16. The van der Waals surface area contributed by atoms with Crippen LogP contribution in [0.1, 0.15) is 18.5 Å². The molecule has 0 bridgehead atoms. The quantitative estimate of drug-likeness (QED) is 0.914. The summed E-state index contributed by atoms with van der Waals surface area (Å²) in [7, 11) is 0. The van der Waals surface area contributed by atoms with Crippen molar-refractivity contribution in [2.24, 2.45) is 0 Å². The monoisotopic (exact) mass is 312 g/mol. The molecule has 0 aliphatic heterocycles. The van der Waals surface area contributed by atoms with E-state index >= 15 is 0 Å². The Morgan fingerprint density at radius 3 is 2.72 bits per heavy atom. The summed E-state index contributed by atoms with van der Waals surface area (Å²) in [5.74, 6) is -0.883. The van der Waals surface area contributed by atoms with Gasteiger partial charge in [-0.05, 0) is 47.1 Å². The molecule has 1 N–H and O–H groups in total. The van der Waals surface area contributed by atoms with Gasteiger partial charge in [-0.2, -0.15) is 0 Å². The van der Waals surface area contributed by atoms with Crippen LogP contribution < -0.4 is 5.32 Å². The van der Waals surface area contributed by atoms with Crippen molar-refractivity contribution < 1.29 is 8.78 Å². The van der Waals surface area contributed by atoms with Gasteiger partial charge in [0.15, 0.2) is 0 Å². The van der Waals surface area contributed by atoms with Crippen LogP contribution in [-0.4, -0.2) is 4.98 Å². The van der Waals surface area contributed by atoms with Gasteiger partial charge in [0.05, 0.1) is 17.9 Å². The number of hydrogen-bond donors (Lipinski definition) is 1. The Hall–Kier alpha value is -1.49. The molecule has 0 aliphatic rings. The van der Waals surface area contributed by atoms with Crippen LogP contribution in [0.15, 0.2) is 41.1 Å². The number of rotatable bonds is 3. The van der Waals surface area contributed by atoms with Gasteiger partial charge in [-0.1, -0.05) is 0 Å². The van der Waals surface area contributed by atoms with E-state index in [4.69, 9.17) is 0 Å². The highest BCUT2D eigenvalue weighted by Gasteiger charge is 2.12. The number of aromatic nitrogens is 1. The fourth-order valence-corrected chi connectivity index (χ4v) is 2.03. The average Bonchev–Trinajstić information content (AvgIpc) is 2.32. The molecule has 0 amide bonds. The third kappa shape index (κ3) is 3.04. The Morgan fingerprint density at radius 2 is 2.00 bits per heavy atom. The molecule has 0 fully saturated rings. The molecule has 2 rings (SSSR count). The number of nitrogens with zero attached hydrogens (tertiary/aromatic N) is 1. The second-order valence-corrected chi connectivity index (χ2v) is 4.84. The van der Waals surface area contributed by atoms with Gasteiger partial charge in [0.2, 0.25) is 0 Å². The number of benzene rings is 1. The van der Waals surface area contributed by atoms with Crippen molar-refractivity contribution in [3.8, 4) is 0 Å². The predicted molar refractivity (Wildman–Crippen MR) is 70.3 cm³/mol. The lowest BCUT2D eigenvalue weighted by Crippen LogP contribution is -2.09. The Kier molecular flexibility index (Phi) is 3.91. The topological polar surface area (TPSA) is 24.9 Å². The van der Waals surface area contributed by atoms with Gasteiger partial charge in [-0.3, -0.25) is 4.98 Å². The summed E-state index contributed by atoms with van der Waals surface area (Å²) in [6.07, 6.45) is 3.27. The van der Waals surface area contributed by atoms with E-state index in [0.29, 0.717) is 0 Å². The number of anilines is 1. The summed E-state index contributed by atoms with van der Waals surface area (Å²) in [6.45, 7) is 1.76. The predicted octanol–water partition coefficient (Wildman–Crippen LogP) is 4.30. The fraction of sp³-hybridized carbons (Fsp3) is 0.154.